The zero-order valence-electron chi connectivity index (χ0n) is 14.7. The lowest BCUT2D eigenvalue weighted by molar-refractivity contribution is -0.130. The molecule has 134 valence electrons. The molecule has 0 spiro atoms. The number of amides is 3. The minimum Gasteiger partial charge on any atom is -0.348 e. The third-order valence-corrected chi connectivity index (χ3v) is 4.18. The standard InChI is InChI=1S/C15H27N7O2/c1-4-21-12-17-18-13(21)5-6-16-15(24)22-9-7-20(8-10-22)11-14(23)19(2)3/h12H,4-11H2,1-3H3,(H,16,24). The van der Waals surface area contributed by atoms with Gasteiger partial charge in [0.05, 0.1) is 6.54 Å². The topological polar surface area (TPSA) is 86.6 Å². The van der Waals surface area contributed by atoms with E-state index in [1.165, 1.54) is 0 Å². The van der Waals surface area contributed by atoms with E-state index in [2.05, 4.69) is 20.4 Å². The van der Waals surface area contributed by atoms with Gasteiger partial charge in [-0.2, -0.15) is 0 Å². The van der Waals surface area contributed by atoms with Crippen molar-refractivity contribution in [2.75, 3.05) is 53.4 Å². The van der Waals surface area contributed by atoms with Gasteiger partial charge in [-0.05, 0) is 6.92 Å². The van der Waals surface area contributed by atoms with E-state index in [0.717, 1.165) is 25.5 Å². The van der Waals surface area contributed by atoms with E-state index in [9.17, 15) is 9.59 Å². The van der Waals surface area contributed by atoms with Crippen LogP contribution >= 0.6 is 0 Å². The van der Waals surface area contributed by atoms with Crippen molar-refractivity contribution >= 4 is 11.9 Å². The molecule has 0 atom stereocenters. The lowest BCUT2D eigenvalue weighted by atomic mass is 10.3. The van der Waals surface area contributed by atoms with Crippen LogP contribution in [0.2, 0.25) is 0 Å². The lowest BCUT2D eigenvalue weighted by Gasteiger charge is -2.34. The monoisotopic (exact) mass is 337 g/mol. The van der Waals surface area contributed by atoms with E-state index >= 15 is 0 Å². The summed E-state index contributed by atoms with van der Waals surface area (Å²) in [7, 11) is 3.51. The number of hydrogen-bond acceptors (Lipinski definition) is 5. The van der Waals surface area contributed by atoms with E-state index in [4.69, 9.17) is 0 Å². The van der Waals surface area contributed by atoms with Crippen LogP contribution in [0.25, 0.3) is 0 Å². The second kappa shape index (κ2) is 8.62. The number of aryl methyl sites for hydroxylation is 1. The van der Waals surface area contributed by atoms with Crippen LogP contribution in [0.15, 0.2) is 6.33 Å². The summed E-state index contributed by atoms with van der Waals surface area (Å²) >= 11 is 0. The molecule has 0 aromatic carbocycles. The van der Waals surface area contributed by atoms with Gasteiger partial charge in [-0.15, -0.1) is 10.2 Å². The Morgan fingerprint density at radius 3 is 2.58 bits per heavy atom. The van der Waals surface area contributed by atoms with E-state index in [0.29, 0.717) is 32.6 Å². The Morgan fingerprint density at radius 1 is 1.25 bits per heavy atom. The highest BCUT2D eigenvalue weighted by Gasteiger charge is 2.22. The Morgan fingerprint density at radius 2 is 1.96 bits per heavy atom. The van der Waals surface area contributed by atoms with Crippen LogP contribution < -0.4 is 5.32 Å². The number of hydrogen-bond donors (Lipinski definition) is 1. The quantitative estimate of drug-likeness (QED) is 0.739. The van der Waals surface area contributed by atoms with Gasteiger partial charge in [-0.25, -0.2) is 4.79 Å². The molecule has 0 radical (unpaired) electrons. The van der Waals surface area contributed by atoms with Gasteiger partial charge in [0.15, 0.2) is 0 Å². The predicted molar refractivity (Wildman–Crippen MR) is 89.5 cm³/mol. The molecule has 3 amide bonds. The first-order valence-corrected chi connectivity index (χ1v) is 8.33. The summed E-state index contributed by atoms with van der Waals surface area (Å²) in [5.41, 5.74) is 0. The van der Waals surface area contributed by atoms with Crippen LogP contribution in [0, 0.1) is 0 Å². The molecular formula is C15H27N7O2. The van der Waals surface area contributed by atoms with E-state index in [1.54, 1.807) is 30.2 Å². The van der Waals surface area contributed by atoms with Crippen LogP contribution in [0.3, 0.4) is 0 Å². The molecule has 0 aliphatic carbocycles. The van der Waals surface area contributed by atoms with Gasteiger partial charge in [0.2, 0.25) is 5.91 Å². The van der Waals surface area contributed by atoms with E-state index in [1.807, 2.05) is 11.5 Å². The van der Waals surface area contributed by atoms with Gasteiger partial charge in [0.1, 0.15) is 12.2 Å². The number of nitrogens with zero attached hydrogens (tertiary/aromatic N) is 6. The first kappa shape index (κ1) is 18.2. The number of nitrogens with one attached hydrogen (secondary N) is 1. The molecule has 1 aromatic rings. The van der Waals surface area contributed by atoms with Crippen LogP contribution in [0.5, 0.6) is 0 Å². The molecule has 1 aliphatic heterocycles. The average Bonchev–Trinajstić information content (AvgIpc) is 3.02. The SMILES string of the molecule is CCn1cnnc1CCNC(=O)N1CCN(CC(=O)N(C)C)CC1. The van der Waals surface area contributed by atoms with E-state index in [-0.39, 0.29) is 11.9 Å². The number of carbonyl (C=O) groups is 2. The number of urea groups is 1. The Kier molecular flexibility index (Phi) is 6.53. The average molecular weight is 337 g/mol. The van der Waals surface area contributed by atoms with Crippen LogP contribution in [-0.2, 0) is 17.8 Å². The zero-order chi connectivity index (χ0) is 17.5. The molecule has 1 aromatic heterocycles. The van der Waals surface area contributed by atoms with Crippen molar-refractivity contribution in [3.63, 3.8) is 0 Å². The smallest absolute Gasteiger partial charge is 0.317 e. The molecule has 2 rings (SSSR count). The third kappa shape index (κ3) is 4.92. The highest BCUT2D eigenvalue weighted by atomic mass is 16.2. The number of likely N-dealkylation sites (N-methyl/N-ethyl adjacent to an activating group) is 1. The minimum absolute atomic E-state index is 0.0591. The fourth-order valence-electron chi connectivity index (χ4n) is 2.57. The molecule has 9 heteroatoms. The Labute approximate surface area is 142 Å². The maximum absolute atomic E-state index is 12.2. The van der Waals surface area contributed by atoms with Crippen molar-refractivity contribution < 1.29 is 9.59 Å². The van der Waals surface area contributed by atoms with Gasteiger partial charge in [0, 0.05) is 59.8 Å². The van der Waals surface area contributed by atoms with Gasteiger partial charge >= 0.3 is 6.03 Å². The maximum Gasteiger partial charge on any atom is 0.317 e. The Balaban J connectivity index is 1.68. The summed E-state index contributed by atoms with van der Waals surface area (Å²) in [6, 6.07) is -0.0591. The van der Waals surface area contributed by atoms with E-state index < -0.39 is 0 Å². The second-order valence-corrected chi connectivity index (χ2v) is 6.07. The summed E-state index contributed by atoms with van der Waals surface area (Å²) in [6.45, 7) is 6.52. The second-order valence-electron chi connectivity index (χ2n) is 6.07. The van der Waals surface area contributed by atoms with Crippen molar-refractivity contribution in [2.45, 2.75) is 19.9 Å². The summed E-state index contributed by atoms with van der Waals surface area (Å²) in [5.74, 6) is 0.970. The van der Waals surface area contributed by atoms with Gasteiger partial charge in [0.25, 0.3) is 0 Å². The molecule has 24 heavy (non-hydrogen) atoms. The maximum atomic E-state index is 12.2. The molecule has 1 saturated heterocycles. The molecule has 2 heterocycles. The fraction of sp³-hybridized carbons (Fsp3) is 0.733. The molecule has 0 saturated carbocycles. The molecular weight excluding hydrogens is 310 g/mol. The number of rotatable bonds is 6. The first-order valence-electron chi connectivity index (χ1n) is 8.33. The van der Waals surface area contributed by atoms with Crippen LogP contribution in [0.4, 0.5) is 4.79 Å². The predicted octanol–water partition coefficient (Wildman–Crippen LogP) is -0.744. The van der Waals surface area contributed by atoms with Crippen molar-refractivity contribution in [3.05, 3.63) is 12.2 Å². The zero-order valence-corrected chi connectivity index (χ0v) is 14.7. The van der Waals surface area contributed by atoms with Crippen molar-refractivity contribution in [2.24, 2.45) is 0 Å². The highest BCUT2D eigenvalue weighted by molar-refractivity contribution is 5.77. The van der Waals surface area contributed by atoms with Crippen molar-refractivity contribution in [1.82, 2.24) is 34.8 Å². The Hall–Kier alpha value is -2.16. The summed E-state index contributed by atoms with van der Waals surface area (Å²) < 4.78 is 1.96. The molecule has 9 nitrogen and oxygen atoms in total. The molecule has 1 fully saturated rings. The first-order chi connectivity index (χ1) is 11.5. The van der Waals surface area contributed by atoms with Crippen LogP contribution in [-0.4, -0.2) is 94.8 Å². The fourth-order valence-corrected chi connectivity index (χ4v) is 2.57. The summed E-state index contributed by atoms with van der Waals surface area (Å²) in [5, 5.41) is 10.9. The molecule has 1 N–H and O–H groups in total. The van der Waals surface area contributed by atoms with Crippen molar-refractivity contribution in [3.8, 4) is 0 Å². The van der Waals surface area contributed by atoms with Gasteiger partial charge in [-0.3, -0.25) is 9.69 Å². The normalized spacial score (nSPS) is 15.4. The molecule has 1 aliphatic rings. The number of piperazine rings is 1. The van der Waals surface area contributed by atoms with Crippen molar-refractivity contribution in [1.29, 1.82) is 0 Å². The van der Waals surface area contributed by atoms with Crippen LogP contribution in [0.1, 0.15) is 12.7 Å². The summed E-state index contributed by atoms with van der Waals surface area (Å²) in [6.07, 6.45) is 2.36. The third-order valence-electron chi connectivity index (χ3n) is 4.18. The minimum atomic E-state index is -0.0591. The largest absolute Gasteiger partial charge is 0.348 e. The lowest BCUT2D eigenvalue weighted by Crippen LogP contribution is -2.53. The summed E-state index contributed by atoms with van der Waals surface area (Å²) in [4.78, 5) is 29.4. The van der Waals surface area contributed by atoms with Gasteiger partial charge < -0.3 is 19.7 Å². The highest BCUT2D eigenvalue weighted by Crippen LogP contribution is 2.03. The number of aromatic nitrogens is 3. The molecule has 0 bridgehead atoms. The Bertz CT molecular complexity index is 550. The molecule has 0 unspecified atom stereocenters. The van der Waals surface area contributed by atoms with Gasteiger partial charge in [-0.1, -0.05) is 0 Å². The number of carbonyl (C=O) groups excluding carboxylic acids is 2.